The summed E-state index contributed by atoms with van der Waals surface area (Å²) < 4.78 is 2.03. The predicted molar refractivity (Wildman–Crippen MR) is 74.8 cm³/mol. The van der Waals surface area contributed by atoms with Crippen LogP contribution in [0.3, 0.4) is 0 Å². The molecule has 2 aromatic rings. The van der Waals surface area contributed by atoms with E-state index >= 15 is 0 Å². The van der Waals surface area contributed by atoms with Crippen LogP contribution in [-0.2, 0) is 6.42 Å². The van der Waals surface area contributed by atoms with E-state index in [1.165, 1.54) is 0 Å². The van der Waals surface area contributed by atoms with E-state index < -0.39 is 0 Å². The van der Waals surface area contributed by atoms with Crippen molar-refractivity contribution in [1.29, 1.82) is 0 Å². The van der Waals surface area contributed by atoms with E-state index in [0.29, 0.717) is 6.04 Å². The zero-order valence-electron chi connectivity index (χ0n) is 11.7. The van der Waals surface area contributed by atoms with Crippen LogP contribution < -0.4 is 5.32 Å². The van der Waals surface area contributed by atoms with Crippen LogP contribution in [0.15, 0.2) is 31.0 Å². The van der Waals surface area contributed by atoms with Crippen molar-refractivity contribution in [3.8, 4) is 0 Å². The molecule has 2 heterocycles. The summed E-state index contributed by atoms with van der Waals surface area (Å²) >= 11 is 0. The first-order chi connectivity index (χ1) is 9.24. The third-order valence-corrected chi connectivity index (χ3v) is 3.45. The smallest absolute Gasteiger partial charge is 0.115 e. The molecule has 19 heavy (non-hydrogen) atoms. The maximum Gasteiger partial charge on any atom is 0.115 e. The van der Waals surface area contributed by atoms with Gasteiger partial charge in [-0.1, -0.05) is 6.92 Å². The molecule has 1 N–H and O–H groups in total. The maximum absolute atomic E-state index is 4.63. The fraction of sp³-hybridized carbons (Fsp3) is 0.500. The Balaban J connectivity index is 2.09. The number of aromatic nitrogens is 4. The Hall–Kier alpha value is -1.75. The molecule has 0 spiro atoms. The normalized spacial score (nSPS) is 14.3. The van der Waals surface area contributed by atoms with Crippen molar-refractivity contribution in [3.05, 3.63) is 42.2 Å². The standard InChI is InChI=1S/C14H21N5/c1-4-11(2)19-6-5-13(18-19)7-14(15-3)12-8-16-10-17-9-12/h5-6,8-11,14-15H,4,7H2,1-3H3. The summed E-state index contributed by atoms with van der Waals surface area (Å²) in [5.74, 6) is 0. The Morgan fingerprint density at radius 2 is 2.05 bits per heavy atom. The lowest BCUT2D eigenvalue weighted by Gasteiger charge is -2.14. The summed E-state index contributed by atoms with van der Waals surface area (Å²) in [4.78, 5) is 8.13. The van der Waals surface area contributed by atoms with Gasteiger partial charge in [0.1, 0.15) is 6.33 Å². The third-order valence-electron chi connectivity index (χ3n) is 3.45. The van der Waals surface area contributed by atoms with Crippen LogP contribution in [0.2, 0.25) is 0 Å². The van der Waals surface area contributed by atoms with Crippen LogP contribution in [-0.4, -0.2) is 26.8 Å². The van der Waals surface area contributed by atoms with E-state index in [9.17, 15) is 0 Å². The molecule has 0 aliphatic rings. The lowest BCUT2D eigenvalue weighted by atomic mass is 10.1. The molecule has 0 radical (unpaired) electrons. The highest BCUT2D eigenvalue weighted by atomic mass is 15.3. The average molecular weight is 259 g/mol. The molecule has 0 aromatic carbocycles. The molecule has 102 valence electrons. The molecular weight excluding hydrogens is 238 g/mol. The van der Waals surface area contributed by atoms with Crippen molar-refractivity contribution in [2.24, 2.45) is 0 Å². The molecule has 0 bridgehead atoms. The maximum atomic E-state index is 4.63. The number of hydrogen-bond acceptors (Lipinski definition) is 4. The zero-order valence-corrected chi connectivity index (χ0v) is 11.7. The highest BCUT2D eigenvalue weighted by Crippen LogP contribution is 2.17. The molecule has 0 aliphatic carbocycles. The minimum absolute atomic E-state index is 0.196. The second-order valence-corrected chi connectivity index (χ2v) is 4.76. The van der Waals surface area contributed by atoms with E-state index in [1.54, 1.807) is 6.33 Å². The van der Waals surface area contributed by atoms with Crippen molar-refractivity contribution in [3.63, 3.8) is 0 Å². The Labute approximate surface area is 114 Å². The number of likely N-dealkylation sites (N-methyl/N-ethyl adjacent to an activating group) is 1. The van der Waals surface area contributed by atoms with E-state index in [2.05, 4.69) is 46.5 Å². The monoisotopic (exact) mass is 259 g/mol. The number of hydrogen-bond donors (Lipinski definition) is 1. The van der Waals surface area contributed by atoms with Gasteiger partial charge < -0.3 is 5.32 Å². The summed E-state index contributed by atoms with van der Waals surface area (Å²) in [7, 11) is 1.95. The SMILES string of the molecule is CCC(C)n1ccc(CC(NC)c2cncnc2)n1. The molecule has 2 aromatic heterocycles. The van der Waals surface area contributed by atoms with Gasteiger partial charge in [-0.15, -0.1) is 0 Å². The molecule has 0 amide bonds. The largest absolute Gasteiger partial charge is 0.313 e. The van der Waals surface area contributed by atoms with Crippen molar-refractivity contribution in [1.82, 2.24) is 25.1 Å². The highest BCUT2D eigenvalue weighted by molar-refractivity contribution is 5.13. The second kappa shape index (κ2) is 6.43. The van der Waals surface area contributed by atoms with Gasteiger partial charge in [0.05, 0.1) is 5.69 Å². The number of nitrogens with zero attached hydrogens (tertiary/aromatic N) is 4. The van der Waals surface area contributed by atoms with Crippen LogP contribution in [0.25, 0.3) is 0 Å². The van der Waals surface area contributed by atoms with Crippen LogP contribution in [0.4, 0.5) is 0 Å². The summed E-state index contributed by atoms with van der Waals surface area (Å²) in [6.07, 6.45) is 9.22. The lowest BCUT2D eigenvalue weighted by molar-refractivity contribution is 0.469. The van der Waals surface area contributed by atoms with Crippen molar-refractivity contribution in [2.75, 3.05) is 7.05 Å². The zero-order chi connectivity index (χ0) is 13.7. The van der Waals surface area contributed by atoms with Crippen molar-refractivity contribution >= 4 is 0 Å². The topological polar surface area (TPSA) is 55.6 Å². The van der Waals surface area contributed by atoms with Gasteiger partial charge in [0.2, 0.25) is 0 Å². The molecule has 0 fully saturated rings. The molecule has 0 saturated carbocycles. The number of rotatable bonds is 6. The van der Waals surface area contributed by atoms with Gasteiger partial charge in [0, 0.05) is 42.7 Å². The Bertz CT molecular complexity index is 494. The fourth-order valence-corrected chi connectivity index (χ4v) is 2.01. The predicted octanol–water partition coefficient (Wildman–Crippen LogP) is 2.15. The van der Waals surface area contributed by atoms with E-state index in [0.717, 1.165) is 24.1 Å². The molecule has 2 rings (SSSR count). The minimum Gasteiger partial charge on any atom is -0.313 e. The van der Waals surface area contributed by atoms with Gasteiger partial charge in [0.15, 0.2) is 0 Å². The summed E-state index contributed by atoms with van der Waals surface area (Å²) in [6, 6.07) is 2.73. The third kappa shape index (κ3) is 3.38. The van der Waals surface area contributed by atoms with Crippen LogP contribution in [0, 0.1) is 0 Å². The molecule has 2 atom stereocenters. The first-order valence-corrected chi connectivity index (χ1v) is 6.70. The van der Waals surface area contributed by atoms with Crippen LogP contribution in [0.5, 0.6) is 0 Å². The first kappa shape index (κ1) is 13.7. The molecule has 0 saturated heterocycles. The van der Waals surface area contributed by atoms with Crippen LogP contribution >= 0.6 is 0 Å². The second-order valence-electron chi connectivity index (χ2n) is 4.76. The Morgan fingerprint density at radius 3 is 2.68 bits per heavy atom. The van der Waals surface area contributed by atoms with Gasteiger partial charge in [-0.25, -0.2) is 9.97 Å². The summed E-state index contributed by atoms with van der Waals surface area (Å²) in [5.41, 5.74) is 2.17. The van der Waals surface area contributed by atoms with Gasteiger partial charge in [-0.2, -0.15) is 5.10 Å². The molecule has 2 unspecified atom stereocenters. The van der Waals surface area contributed by atoms with Gasteiger partial charge >= 0.3 is 0 Å². The van der Waals surface area contributed by atoms with Crippen molar-refractivity contribution in [2.45, 2.75) is 38.8 Å². The number of nitrogens with one attached hydrogen (secondary N) is 1. The van der Waals surface area contributed by atoms with Gasteiger partial charge in [0.25, 0.3) is 0 Å². The van der Waals surface area contributed by atoms with Crippen LogP contribution in [0.1, 0.15) is 43.6 Å². The van der Waals surface area contributed by atoms with E-state index in [4.69, 9.17) is 0 Å². The quantitative estimate of drug-likeness (QED) is 0.863. The first-order valence-electron chi connectivity index (χ1n) is 6.70. The highest BCUT2D eigenvalue weighted by Gasteiger charge is 2.13. The van der Waals surface area contributed by atoms with E-state index in [-0.39, 0.29) is 6.04 Å². The van der Waals surface area contributed by atoms with E-state index in [1.807, 2.05) is 24.1 Å². The minimum atomic E-state index is 0.196. The Kier molecular flexibility index (Phi) is 4.63. The summed E-state index contributed by atoms with van der Waals surface area (Å²) in [6.45, 7) is 4.35. The summed E-state index contributed by atoms with van der Waals surface area (Å²) in [5, 5.41) is 7.92. The average Bonchev–Trinajstić information content (AvgIpc) is 2.93. The fourth-order valence-electron chi connectivity index (χ4n) is 2.01. The molecule has 5 heteroatoms. The van der Waals surface area contributed by atoms with Gasteiger partial charge in [-0.3, -0.25) is 4.68 Å². The molecule has 5 nitrogen and oxygen atoms in total. The van der Waals surface area contributed by atoms with Gasteiger partial charge in [-0.05, 0) is 26.5 Å². The Morgan fingerprint density at radius 1 is 1.32 bits per heavy atom. The molecule has 0 aliphatic heterocycles. The molecular formula is C14H21N5. The lowest BCUT2D eigenvalue weighted by Crippen LogP contribution is -2.19. The van der Waals surface area contributed by atoms with Crippen molar-refractivity contribution < 1.29 is 0 Å².